The molecule has 0 aliphatic carbocycles. The summed E-state index contributed by atoms with van der Waals surface area (Å²) in [6.07, 6.45) is 3.15. The van der Waals surface area contributed by atoms with E-state index in [9.17, 15) is 14.4 Å². The van der Waals surface area contributed by atoms with Crippen LogP contribution in [0.5, 0.6) is 0 Å². The molecule has 1 rings (SSSR count). The molecule has 0 aliphatic rings. The molecule has 0 saturated heterocycles. The van der Waals surface area contributed by atoms with Gasteiger partial charge in [-0.1, -0.05) is 0 Å². The monoisotopic (exact) mass is 297 g/mol. The van der Waals surface area contributed by atoms with E-state index in [1.54, 1.807) is 24.6 Å². The minimum Gasteiger partial charge on any atom is -0.480 e. The minimum atomic E-state index is -1.21. The third-order valence-corrected chi connectivity index (χ3v) is 3.20. The van der Waals surface area contributed by atoms with Crippen LogP contribution in [0.4, 0.5) is 0 Å². The average molecular weight is 297 g/mol. The Hall–Kier alpha value is -2.09. The van der Waals surface area contributed by atoms with Crippen LogP contribution >= 0.6 is 11.8 Å². The molecule has 108 valence electrons. The van der Waals surface area contributed by atoms with Crippen LogP contribution in [-0.4, -0.2) is 40.2 Å². The molecule has 8 heteroatoms. The second-order valence-corrected chi connectivity index (χ2v) is 4.72. The van der Waals surface area contributed by atoms with Gasteiger partial charge >= 0.3 is 5.97 Å². The summed E-state index contributed by atoms with van der Waals surface area (Å²) in [7, 11) is 0. The molecule has 0 fully saturated rings. The van der Waals surface area contributed by atoms with Crippen LogP contribution in [-0.2, 0) is 9.59 Å². The van der Waals surface area contributed by atoms with Crippen LogP contribution in [0.2, 0.25) is 0 Å². The van der Waals surface area contributed by atoms with Gasteiger partial charge in [0.1, 0.15) is 11.1 Å². The van der Waals surface area contributed by atoms with Crippen molar-refractivity contribution < 1.29 is 19.5 Å². The molecule has 7 nitrogen and oxygen atoms in total. The first-order valence-electron chi connectivity index (χ1n) is 5.76. The molecule has 1 heterocycles. The number of hydrogen-bond donors (Lipinski definition) is 3. The third kappa shape index (κ3) is 4.54. The number of thioether (sulfide) groups is 1. The molecule has 20 heavy (non-hydrogen) atoms. The molecule has 0 spiro atoms. The van der Waals surface area contributed by atoms with Crippen molar-refractivity contribution in [2.75, 3.05) is 6.26 Å². The summed E-state index contributed by atoms with van der Waals surface area (Å²) >= 11 is 1.28. The number of hydrogen-bond acceptors (Lipinski definition) is 5. The fraction of sp³-hybridized carbons (Fsp3) is 0.333. The Labute approximate surface area is 119 Å². The number of primary amides is 1. The summed E-state index contributed by atoms with van der Waals surface area (Å²) in [5, 5.41) is 11.9. The van der Waals surface area contributed by atoms with Crippen LogP contribution in [0.1, 0.15) is 23.2 Å². The van der Waals surface area contributed by atoms with E-state index in [1.165, 1.54) is 11.8 Å². The highest BCUT2D eigenvalue weighted by atomic mass is 32.2. The zero-order valence-electron chi connectivity index (χ0n) is 10.8. The highest BCUT2D eigenvalue weighted by Gasteiger charge is 2.22. The Bertz CT molecular complexity index is 521. The standard InChI is InChI=1S/C12H15N3O4S/c1-20-11-7(3-2-6-14-11)10(17)15-8(12(18)19)4-5-9(13)16/h2-3,6,8H,4-5H2,1H3,(H2,13,16)(H,15,17)(H,18,19). The highest BCUT2D eigenvalue weighted by Crippen LogP contribution is 2.16. The number of rotatable bonds is 7. The summed E-state index contributed by atoms with van der Waals surface area (Å²) in [5.41, 5.74) is 5.27. The van der Waals surface area contributed by atoms with Gasteiger partial charge in [-0.3, -0.25) is 9.59 Å². The number of aromatic nitrogens is 1. The van der Waals surface area contributed by atoms with Crippen LogP contribution < -0.4 is 11.1 Å². The highest BCUT2D eigenvalue weighted by molar-refractivity contribution is 7.98. The summed E-state index contributed by atoms with van der Waals surface area (Å²) in [4.78, 5) is 37.8. The Balaban J connectivity index is 2.80. The lowest BCUT2D eigenvalue weighted by atomic mass is 10.1. The second-order valence-electron chi connectivity index (χ2n) is 3.93. The summed E-state index contributed by atoms with van der Waals surface area (Å²) in [6.45, 7) is 0. The van der Waals surface area contributed by atoms with E-state index < -0.39 is 23.8 Å². The molecule has 1 aromatic heterocycles. The first kappa shape index (κ1) is 16.0. The number of carboxylic acids is 1. The number of pyridine rings is 1. The van der Waals surface area contributed by atoms with Crippen molar-refractivity contribution in [3.8, 4) is 0 Å². The van der Waals surface area contributed by atoms with E-state index in [4.69, 9.17) is 10.8 Å². The largest absolute Gasteiger partial charge is 0.480 e. The Morgan fingerprint density at radius 1 is 1.50 bits per heavy atom. The van der Waals surface area contributed by atoms with Crippen LogP contribution in [0.25, 0.3) is 0 Å². The van der Waals surface area contributed by atoms with Crippen LogP contribution in [0.15, 0.2) is 23.4 Å². The first-order chi connectivity index (χ1) is 9.45. The number of aliphatic carboxylic acids is 1. The zero-order valence-corrected chi connectivity index (χ0v) is 11.6. The number of carbonyl (C=O) groups excluding carboxylic acids is 2. The smallest absolute Gasteiger partial charge is 0.326 e. The quantitative estimate of drug-likeness (QED) is 0.620. The van der Waals surface area contributed by atoms with Crippen molar-refractivity contribution >= 4 is 29.5 Å². The topological polar surface area (TPSA) is 122 Å². The van der Waals surface area contributed by atoms with E-state index in [0.717, 1.165) is 0 Å². The van der Waals surface area contributed by atoms with Gasteiger partial charge in [-0.25, -0.2) is 9.78 Å². The van der Waals surface area contributed by atoms with Crippen molar-refractivity contribution in [2.24, 2.45) is 5.73 Å². The van der Waals surface area contributed by atoms with Crippen molar-refractivity contribution in [1.82, 2.24) is 10.3 Å². The predicted octanol–water partition coefficient (Wildman–Crippen LogP) is 0.252. The van der Waals surface area contributed by atoms with Gasteiger partial charge in [0.2, 0.25) is 5.91 Å². The normalized spacial score (nSPS) is 11.7. The lowest BCUT2D eigenvalue weighted by molar-refractivity contribution is -0.139. The molecule has 4 N–H and O–H groups in total. The van der Waals surface area contributed by atoms with Gasteiger partial charge in [-0.05, 0) is 24.8 Å². The zero-order chi connectivity index (χ0) is 15.1. The molecular weight excluding hydrogens is 282 g/mol. The molecule has 0 bridgehead atoms. The Morgan fingerprint density at radius 3 is 2.75 bits per heavy atom. The number of nitrogens with one attached hydrogen (secondary N) is 1. The van der Waals surface area contributed by atoms with Gasteiger partial charge in [0, 0.05) is 12.6 Å². The first-order valence-corrected chi connectivity index (χ1v) is 6.99. The fourth-order valence-corrected chi connectivity index (χ4v) is 2.05. The average Bonchev–Trinajstić information content (AvgIpc) is 2.42. The molecular formula is C12H15N3O4S. The second kappa shape index (κ2) is 7.49. The SMILES string of the molecule is CSc1ncccc1C(=O)NC(CCC(N)=O)C(=O)O. The molecule has 0 aliphatic heterocycles. The van der Waals surface area contributed by atoms with Gasteiger partial charge in [0.25, 0.3) is 5.91 Å². The molecule has 1 unspecified atom stereocenters. The molecule has 0 saturated carbocycles. The molecule has 2 amide bonds. The summed E-state index contributed by atoms with van der Waals surface area (Å²) in [5.74, 6) is -2.37. The number of nitrogens with zero attached hydrogens (tertiary/aromatic N) is 1. The van der Waals surface area contributed by atoms with E-state index in [2.05, 4.69) is 10.3 Å². The predicted molar refractivity (Wildman–Crippen MR) is 73.3 cm³/mol. The van der Waals surface area contributed by atoms with E-state index >= 15 is 0 Å². The lowest BCUT2D eigenvalue weighted by Crippen LogP contribution is -2.41. The van der Waals surface area contributed by atoms with Crippen molar-refractivity contribution in [3.63, 3.8) is 0 Å². The molecule has 0 radical (unpaired) electrons. The van der Waals surface area contributed by atoms with Crippen molar-refractivity contribution in [2.45, 2.75) is 23.9 Å². The summed E-state index contributed by atoms with van der Waals surface area (Å²) < 4.78 is 0. The number of amides is 2. The van der Waals surface area contributed by atoms with E-state index in [-0.39, 0.29) is 12.8 Å². The maximum atomic E-state index is 12.0. The fourth-order valence-electron chi connectivity index (χ4n) is 1.51. The Morgan fingerprint density at radius 2 is 2.20 bits per heavy atom. The van der Waals surface area contributed by atoms with Crippen LogP contribution in [0.3, 0.4) is 0 Å². The summed E-state index contributed by atoms with van der Waals surface area (Å²) in [6, 6.07) is 1.99. The maximum Gasteiger partial charge on any atom is 0.326 e. The van der Waals surface area contributed by atoms with Gasteiger partial charge in [-0.2, -0.15) is 0 Å². The van der Waals surface area contributed by atoms with Gasteiger partial charge in [0.15, 0.2) is 0 Å². The maximum absolute atomic E-state index is 12.0. The van der Waals surface area contributed by atoms with E-state index in [1.807, 2.05) is 0 Å². The lowest BCUT2D eigenvalue weighted by Gasteiger charge is -2.14. The van der Waals surface area contributed by atoms with Gasteiger partial charge < -0.3 is 16.2 Å². The number of carboxylic acid groups (broad SMARTS) is 1. The van der Waals surface area contributed by atoms with Crippen molar-refractivity contribution in [1.29, 1.82) is 0 Å². The van der Waals surface area contributed by atoms with Crippen molar-refractivity contribution in [3.05, 3.63) is 23.9 Å². The molecule has 1 aromatic rings. The number of carbonyl (C=O) groups is 3. The van der Waals surface area contributed by atoms with Gasteiger partial charge in [0.05, 0.1) is 5.56 Å². The Kier molecular flexibility index (Phi) is 5.98. The third-order valence-electron chi connectivity index (χ3n) is 2.49. The van der Waals surface area contributed by atoms with E-state index in [0.29, 0.717) is 10.6 Å². The minimum absolute atomic E-state index is 0.0503. The molecule has 0 aromatic carbocycles. The van der Waals surface area contributed by atoms with Crippen LogP contribution in [0, 0.1) is 0 Å². The van der Waals surface area contributed by atoms with Gasteiger partial charge in [-0.15, -0.1) is 11.8 Å². The molecule has 1 atom stereocenters. The number of nitrogens with two attached hydrogens (primary N) is 1.